The van der Waals surface area contributed by atoms with Crippen LogP contribution in [-0.2, 0) is 13.1 Å². The van der Waals surface area contributed by atoms with Gasteiger partial charge in [0, 0.05) is 0 Å². The predicted octanol–water partition coefficient (Wildman–Crippen LogP) is 3.31. The summed E-state index contributed by atoms with van der Waals surface area (Å²) in [6, 6.07) is 6.81. The van der Waals surface area contributed by atoms with Gasteiger partial charge in [0.2, 0.25) is 0 Å². The molecule has 0 aliphatic heterocycles. The maximum atomic E-state index is 14.7. The number of nitrogens with zero attached hydrogens (tertiary/aromatic N) is 6. The SMILES string of the molecule is Fc1ccc(C(Cn2cncn2)[Se]C(Cn2cncn2)c2ccc(F)cc2F)c(F)c1. The molecule has 6 nitrogen and oxygen atoms in total. The van der Waals surface area contributed by atoms with E-state index in [-0.39, 0.29) is 13.1 Å². The molecule has 11 heteroatoms. The Morgan fingerprint density at radius 3 is 1.52 bits per heavy atom. The second-order valence-corrected chi connectivity index (χ2v) is 9.64. The molecular formula is C20H16F4N6Se. The van der Waals surface area contributed by atoms with Gasteiger partial charge in [-0.15, -0.1) is 0 Å². The van der Waals surface area contributed by atoms with Crippen LogP contribution < -0.4 is 0 Å². The maximum absolute atomic E-state index is 14.7. The van der Waals surface area contributed by atoms with Gasteiger partial charge in [-0.25, -0.2) is 0 Å². The first-order valence-electron chi connectivity index (χ1n) is 9.20. The molecule has 2 unspecified atom stereocenters. The Labute approximate surface area is 181 Å². The first-order valence-corrected chi connectivity index (χ1v) is 11.2. The summed E-state index contributed by atoms with van der Waals surface area (Å²) in [5.41, 5.74) is 0.589. The molecule has 2 atom stereocenters. The number of benzene rings is 2. The Bertz CT molecular complexity index is 1050. The Morgan fingerprint density at radius 1 is 0.710 bits per heavy atom. The van der Waals surface area contributed by atoms with E-state index in [1.54, 1.807) is 9.36 Å². The molecule has 0 radical (unpaired) electrons. The van der Waals surface area contributed by atoms with Crippen molar-refractivity contribution in [3.05, 3.63) is 96.1 Å². The molecule has 2 heterocycles. The van der Waals surface area contributed by atoms with Crippen LogP contribution in [0.2, 0.25) is 0 Å². The summed E-state index contributed by atoms with van der Waals surface area (Å²) in [4.78, 5) is 6.94. The first kappa shape index (κ1) is 21.2. The van der Waals surface area contributed by atoms with Gasteiger partial charge < -0.3 is 0 Å². The molecule has 0 aliphatic rings. The van der Waals surface area contributed by atoms with Crippen molar-refractivity contribution in [3.8, 4) is 0 Å². The monoisotopic (exact) mass is 496 g/mol. The van der Waals surface area contributed by atoms with E-state index in [1.165, 1.54) is 49.6 Å². The molecule has 31 heavy (non-hydrogen) atoms. The van der Waals surface area contributed by atoms with Crippen LogP contribution in [0, 0.1) is 23.3 Å². The van der Waals surface area contributed by atoms with Crippen molar-refractivity contribution < 1.29 is 17.6 Å². The summed E-state index contributed by atoms with van der Waals surface area (Å²) in [5.74, 6) is -2.74. The molecule has 2 aromatic heterocycles. The molecule has 0 saturated heterocycles. The molecular weight excluding hydrogens is 479 g/mol. The zero-order valence-electron chi connectivity index (χ0n) is 15.9. The molecule has 0 amide bonds. The number of hydrogen-bond donors (Lipinski definition) is 0. The zero-order chi connectivity index (χ0) is 21.8. The fourth-order valence-corrected chi connectivity index (χ4v) is 6.40. The van der Waals surface area contributed by atoms with E-state index in [9.17, 15) is 17.6 Å². The van der Waals surface area contributed by atoms with Gasteiger partial charge in [-0.05, 0) is 0 Å². The summed E-state index contributed by atoms with van der Waals surface area (Å²) >= 11 is -0.477. The van der Waals surface area contributed by atoms with Crippen molar-refractivity contribution in [2.75, 3.05) is 0 Å². The summed E-state index contributed by atoms with van der Waals surface area (Å²) in [6.45, 7) is 0.526. The van der Waals surface area contributed by atoms with E-state index in [0.717, 1.165) is 12.1 Å². The summed E-state index contributed by atoms with van der Waals surface area (Å²) < 4.78 is 59.4. The average molecular weight is 495 g/mol. The van der Waals surface area contributed by atoms with Gasteiger partial charge in [0.25, 0.3) is 0 Å². The quantitative estimate of drug-likeness (QED) is 0.278. The number of rotatable bonds is 8. The van der Waals surface area contributed by atoms with E-state index in [4.69, 9.17) is 0 Å². The third kappa shape index (κ3) is 5.18. The van der Waals surface area contributed by atoms with Crippen molar-refractivity contribution in [3.63, 3.8) is 0 Å². The topological polar surface area (TPSA) is 61.4 Å². The minimum absolute atomic E-state index is 0.263. The van der Waals surface area contributed by atoms with Gasteiger partial charge >= 0.3 is 181 Å². The van der Waals surface area contributed by atoms with E-state index in [0.29, 0.717) is 11.1 Å². The van der Waals surface area contributed by atoms with Crippen LogP contribution in [0.15, 0.2) is 61.7 Å². The zero-order valence-corrected chi connectivity index (χ0v) is 17.7. The first-order chi connectivity index (χ1) is 15.0. The van der Waals surface area contributed by atoms with E-state index < -0.39 is 47.9 Å². The van der Waals surface area contributed by atoms with Crippen molar-refractivity contribution in [1.29, 1.82) is 0 Å². The molecule has 0 bridgehead atoms. The van der Waals surface area contributed by atoms with Crippen LogP contribution in [0.25, 0.3) is 0 Å². The average Bonchev–Trinajstić information content (AvgIpc) is 3.41. The van der Waals surface area contributed by atoms with Crippen LogP contribution in [-0.4, -0.2) is 44.5 Å². The van der Waals surface area contributed by atoms with Crippen LogP contribution in [0.4, 0.5) is 17.6 Å². The Kier molecular flexibility index (Phi) is 6.43. The summed E-state index contributed by atoms with van der Waals surface area (Å²) in [6.07, 6.45) is 5.71. The predicted molar refractivity (Wildman–Crippen MR) is 104 cm³/mol. The minimum atomic E-state index is -0.689. The van der Waals surface area contributed by atoms with Crippen molar-refractivity contribution in [1.82, 2.24) is 29.5 Å². The van der Waals surface area contributed by atoms with Gasteiger partial charge in [-0.2, -0.15) is 0 Å². The van der Waals surface area contributed by atoms with Crippen LogP contribution in [0.3, 0.4) is 0 Å². The van der Waals surface area contributed by atoms with Gasteiger partial charge in [0.1, 0.15) is 0 Å². The molecule has 4 aromatic rings. The Morgan fingerprint density at radius 2 is 1.16 bits per heavy atom. The van der Waals surface area contributed by atoms with Crippen LogP contribution in [0.1, 0.15) is 20.8 Å². The molecule has 160 valence electrons. The molecule has 0 fully saturated rings. The van der Waals surface area contributed by atoms with Crippen molar-refractivity contribution in [2.24, 2.45) is 0 Å². The van der Waals surface area contributed by atoms with Gasteiger partial charge in [-0.3, -0.25) is 0 Å². The molecule has 0 spiro atoms. The number of aromatic nitrogens is 6. The molecule has 4 rings (SSSR count). The molecule has 0 saturated carbocycles. The molecule has 0 aliphatic carbocycles. The second-order valence-electron chi connectivity index (χ2n) is 6.68. The summed E-state index contributed by atoms with van der Waals surface area (Å²) in [7, 11) is 0. The van der Waals surface area contributed by atoms with Gasteiger partial charge in [-0.1, -0.05) is 0 Å². The normalized spacial score (nSPS) is 13.3. The van der Waals surface area contributed by atoms with Crippen molar-refractivity contribution >= 4 is 15.0 Å². The molecule has 0 N–H and O–H groups in total. The van der Waals surface area contributed by atoms with Crippen molar-refractivity contribution in [2.45, 2.75) is 22.7 Å². The van der Waals surface area contributed by atoms with E-state index in [2.05, 4.69) is 20.2 Å². The third-order valence-electron chi connectivity index (χ3n) is 4.59. The van der Waals surface area contributed by atoms with Crippen LogP contribution >= 0.6 is 0 Å². The Balaban J connectivity index is 1.71. The number of hydrogen-bond acceptors (Lipinski definition) is 4. The number of halogens is 4. The van der Waals surface area contributed by atoms with Crippen LogP contribution in [0.5, 0.6) is 0 Å². The second kappa shape index (κ2) is 9.40. The fraction of sp³-hybridized carbons (Fsp3) is 0.200. The molecule has 2 aromatic carbocycles. The van der Waals surface area contributed by atoms with Gasteiger partial charge in [0.05, 0.1) is 0 Å². The third-order valence-corrected chi connectivity index (χ3v) is 7.66. The standard InChI is InChI=1S/C20H16F4N6Se/c21-13-1-3-15(17(23)5-13)19(7-29-11-25-9-27-29)31-20(8-30-12-26-10-28-30)16-4-2-14(22)6-18(16)24/h1-6,9-12,19-20H,7-8H2. The van der Waals surface area contributed by atoms with E-state index in [1.807, 2.05) is 0 Å². The Hall–Kier alpha value is -3.04. The summed E-state index contributed by atoms with van der Waals surface area (Å²) in [5, 5.41) is 8.16. The van der Waals surface area contributed by atoms with Gasteiger partial charge in [0.15, 0.2) is 0 Å². The van der Waals surface area contributed by atoms with E-state index >= 15 is 0 Å². The fourth-order valence-electron chi connectivity index (χ4n) is 3.15.